The SMILES string of the molecule is COc1cc(-c2cc(OC)cc3ccc[n+]([O-])c23)c2c(ccc[n+]2[O-])c1. The number of nitrogens with zero attached hydrogens (tertiary/aromatic N) is 2. The van der Waals surface area contributed by atoms with Gasteiger partial charge in [0.1, 0.15) is 11.5 Å². The molecular formula is C20H16N2O4. The molecule has 0 saturated heterocycles. The number of benzene rings is 2. The van der Waals surface area contributed by atoms with Gasteiger partial charge in [0.2, 0.25) is 11.0 Å². The number of hydrogen-bond acceptors (Lipinski definition) is 4. The summed E-state index contributed by atoms with van der Waals surface area (Å²) in [7, 11) is 3.13. The van der Waals surface area contributed by atoms with Crippen LogP contribution in [0.1, 0.15) is 0 Å². The number of fused-ring (bicyclic) bond motifs is 2. The molecule has 2 heterocycles. The van der Waals surface area contributed by atoms with Crippen molar-refractivity contribution in [2.75, 3.05) is 14.2 Å². The molecule has 0 amide bonds. The fourth-order valence-electron chi connectivity index (χ4n) is 3.25. The second kappa shape index (κ2) is 6.07. The van der Waals surface area contributed by atoms with E-state index >= 15 is 0 Å². The summed E-state index contributed by atoms with van der Waals surface area (Å²) in [5.41, 5.74) is 2.14. The summed E-state index contributed by atoms with van der Waals surface area (Å²) in [6.07, 6.45) is 2.87. The van der Waals surface area contributed by atoms with Crippen LogP contribution in [0.5, 0.6) is 11.5 Å². The fraction of sp³-hybridized carbons (Fsp3) is 0.100. The van der Waals surface area contributed by atoms with Crippen LogP contribution in [0.25, 0.3) is 32.9 Å². The van der Waals surface area contributed by atoms with Crippen molar-refractivity contribution in [2.45, 2.75) is 0 Å². The Morgan fingerprint density at radius 2 is 1.12 bits per heavy atom. The predicted octanol–water partition coefficient (Wildman–Crippen LogP) is 2.94. The normalized spacial score (nSPS) is 11.0. The Bertz CT molecular complexity index is 1050. The van der Waals surface area contributed by atoms with Gasteiger partial charge in [-0.25, -0.2) is 0 Å². The van der Waals surface area contributed by atoms with Gasteiger partial charge in [0.05, 0.1) is 36.1 Å². The number of pyridine rings is 2. The molecule has 0 radical (unpaired) electrons. The highest BCUT2D eigenvalue weighted by molar-refractivity contribution is 6.01. The summed E-state index contributed by atoms with van der Waals surface area (Å²) in [6, 6.07) is 14.1. The maximum atomic E-state index is 12.5. The summed E-state index contributed by atoms with van der Waals surface area (Å²) in [5, 5.41) is 26.5. The third kappa shape index (κ3) is 2.43. The monoisotopic (exact) mass is 348 g/mol. The summed E-state index contributed by atoms with van der Waals surface area (Å²) in [5.74, 6) is 1.20. The molecule has 0 aliphatic carbocycles. The van der Waals surface area contributed by atoms with Crippen LogP contribution in [0.2, 0.25) is 0 Å². The zero-order valence-corrected chi connectivity index (χ0v) is 14.3. The maximum absolute atomic E-state index is 12.5. The second-order valence-electron chi connectivity index (χ2n) is 5.89. The number of aromatic nitrogens is 2. The second-order valence-corrected chi connectivity index (χ2v) is 5.89. The van der Waals surface area contributed by atoms with Crippen LogP contribution >= 0.6 is 0 Å². The minimum atomic E-state index is 0.465. The standard InChI is InChI=1S/C20H16N2O4/c1-25-15-9-13-5-3-7-21(23)19(13)17(11-15)18-12-16(26-2)10-14-6-4-8-22(24)20(14)18/h3-12H,1-2H3. The summed E-state index contributed by atoms with van der Waals surface area (Å²) in [6.45, 7) is 0. The molecule has 0 bridgehead atoms. The highest BCUT2D eigenvalue weighted by Gasteiger charge is 2.21. The van der Waals surface area contributed by atoms with Gasteiger partial charge < -0.3 is 19.9 Å². The average Bonchev–Trinajstić information content (AvgIpc) is 2.66. The topological polar surface area (TPSA) is 72.3 Å². The molecule has 0 fully saturated rings. The molecule has 6 heteroatoms. The molecule has 0 atom stereocenters. The molecular weight excluding hydrogens is 332 g/mol. The van der Waals surface area contributed by atoms with Gasteiger partial charge in [-0.15, -0.1) is 0 Å². The van der Waals surface area contributed by atoms with Crippen LogP contribution < -0.4 is 18.9 Å². The largest absolute Gasteiger partial charge is 0.618 e. The molecule has 26 heavy (non-hydrogen) atoms. The Kier molecular flexibility index (Phi) is 3.73. The first-order valence-corrected chi connectivity index (χ1v) is 8.02. The molecule has 6 nitrogen and oxygen atoms in total. The van der Waals surface area contributed by atoms with E-state index in [0.717, 1.165) is 20.2 Å². The maximum Gasteiger partial charge on any atom is 0.232 e. The van der Waals surface area contributed by atoms with Crippen molar-refractivity contribution in [1.82, 2.24) is 0 Å². The Morgan fingerprint density at radius 3 is 1.50 bits per heavy atom. The number of hydrogen-bond donors (Lipinski definition) is 0. The third-order valence-electron chi connectivity index (χ3n) is 4.42. The van der Waals surface area contributed by atoms with Crippen molar-refractivity contribution in [3.05, 3.63) is 71.3 Å². The van der Waals surface area contributed by atoms with Crippen LogP contribution in [0.3, 0.4) is 0 Å². The van der Waals surface area contributed by atoms with E-state index in [1.165, 1.54) is 12.4 Å². The highest BCUT2D eigenvalue weighted by Crippen LogP contribution is 2.36. The molecule has 4 rings (SSSR count). The molecule has 130 valence electrons. The summed E-state index contributed by atoms with van der Waals surface area (Å²) >= 11 is 0. The van der Waals surface area contributed by atoms with Gasteiger partial charge in [-0.3, -0.25) is 0 Å². The third-order valence-corrected chi connectivity index (χ3v) is 4.42. The van der Waals surface area contributed by atoms with Gasteiger partial charge in [-0.2, -0.15) is 9.46 Å². The molecule has 4 aromatic rings. The van der Waals surface area contributed by atoms with Crippen LogP contribution in [0.4, 0.5) is 0 Å². The molecule has 0 aliphatic heterocycles. The predicted molar refractivity (Wildman–Crippen MR) is 97.9 cm³/mol. The number of rotatable bonds is 3. The van der Waals surface area contributed by atoms with Crippen molar-refractivity contribution >= 4 is 21.8 Å². The van der Waals surface area contributed by atoms with E-state index in [2.05, 4.69) is 0 Å². The Hall–Kier alpha value is -3.54. The van der Waals surface area contributed by atoms with Crippen LogP contribution in [0, 0.1) is 10.4 Å². The van der Waals surface area contributed by atoms with E-state index < -0.39 is 0 Å². The van der Waals surface area contributed by atoms with Crippen molar-refractivity contribution in [3.63, 3.8) is 0 Å². The van der Waals surface area contributed by atoms with Crippen molar-refractivity contribution < 1.29 is 18.9 Å². The minimum absolute atomic E-state index is 0.465. The minimum Gasteiger partial charge on any atom is -0.618 e. The molecule has 0 spiro atoms. The smallest absolute Gasteiger partial charge is 0.232 e. The molecule has 2 aromatic heterocycles. The first kappa shape index (κ1) is 16.0. The fourth-order valence-corrected chi connectivity index (χ4v) is 3.25. The Morgan fingerprint density at radius 1 is 0.692 bits per heavy atom. The summed E-state index contributed by atoms with van der Waals surface area (Å²) in [4.78, 5) is 0. The van der Waals surface area contributed by atoms with E-state index in [1.807, 2.05) is 12.1 Å². The zero-order valence-electron chi connectivity index (χ0n) is 14.3. The van der Waals surface area contributed by atoms with Crippen molar-refractivity contribution in [3.8, 4) is 22.6 Å². The Labute approximate surface area is 149 Å². The lowest BCUT2D eigenvalue weighted by Crippen LogP contribution is -2.28. The lowest BCUT2D eigenvalue weighted by molar-refractivity contribution is -0.577. The lowest BCUT2D eigenvalue weighted by Gasteiger charge is -2.13. The van der Waals surface area contributed by atoms with Crippen molar-refractivity contribution in [1.29, 1.82) is 0 Å². The Balaban J connectivity index is 2.20. The van der Waals surface area contributed by atoms with Crippen LogP contribution in [-0.4, -0.2) is 14.2 Å². The van der Waals surface area contributed by atoms with Gasteiger partial charge in [-0.1, -0.05) is 0 Å². The number of ether oxygens (including phenoxy) is 2. The van der Waals surface area contributed by atoms with E-state index in [4.69, 9.17) is 9.47 Å². The molecule has 0 unspecified atom stereocenters. The first-order valence-electron chi connectivity index (χ1n) is 8.02. The van der Waals surface area contributed by atoms with Gasteiger partial charge in [0, 0.05) is 12.1 Å². The molecule has 2 aromatic carbocycles. The van der Waals surface area contributed by atoms with Crippen molar-refractivity contribution in [2.24, 2.45) is 0 Å². The van der Waals surface area contributed by atoms with Gasteiger partial charge in [0.15, 0.2) is 12.4 Å². The van der Waals surface area contributed by atoms with E-state index in [-0.39, 0.29) is 0 Å². The van der Waals surface area contributed by atoms with Crippen LogP contribution in [0.15, 0.2) is 60.9 Å². The lowest BCUT2D eigenvalue weighted by atomic mass is 9.98. The zero-order chi connectivity index (χ0) is 18.3. The molecule has 0 N–H and O–H groups in total. The summed E-state index contributed by atoms with van der Waals surface area (Å²) < 4.78 is 12.4. The molecule has 0 saturated carbocycles. The number of methoxy groups -OCH3 is 2. The average molecular weight is 348 g/mol. The first-order chi connectivity index (χ1) is 12.6. The van der Waals surface area contributed by atoms with E-state index in [9.17, 15) is 10.4 Å². The quantitative estimate of drug-likeness (QED) is 0.421. The molecule has 0 aliphatic rings. The van der Waals surface area contributed by atoms with Crippen LogP contribution in [-0.2, 0) is 0 Å². The van der Waals surface area contributed by atoms with Gasteiger partial charge in [-0.05, 0) is 36.4 Å². The van der Waals surface area contributed by atoms with E-state index in [1.54, 1.807) is 50.6 Å². The van der Waals surface area contributed by atoms with Gasteiger partial charge in [0.25, 0.3) is 0 Å². The van der Waals surface area contributed by atoms with Gasteiger partial charge >= 0.3 is 0 Å². The van der Waals surface area contributed by atoms with E-state index in [0.29, 0.717) is 33.7 Å². The highest BCUT2D eigenvalue weighted by atomic mass is 16.5.